The van der Waals surface area contributed by atoms with Gasteiger partial charge in [-0.25, -0.2) is 0 Å². The lowest BCUT2D eigenvalue weighted by Gasteiger charge is -2.38. The lowest BCUT2D eigenvalue weighted by molar-refractivity contribution is -0.138. The van der Waals surface area contributed by atoms with Crippen molar-refractivity contribution in [2.24, 2.45) is 0 Å². The number of anilines is 4. The van der Waals surface area contributed by atoms with Gasteiger partial charge in [0.05, 0.1) is 33.9 Å². The molecule has 0 spiro atoms. The molecule has 7 aromatic rings. The molecule has 16 heteroatoms. The number of rotatable bonds is 9. The topological polar surface area (TPSA) is 111 Å². The van der Waals surface area contributed by atoms with Crippen LogP contribution < -0.4 is 24.3 Å². The molecule has 73 heavy (non-hydrogen) atoms. The molecule has 374 valence electrons. The number of aromatic hydroxyl groups is 1. The Morgan fingerprint density at radius 2 is 0.932 bits per heavy atom. The molecule has 10 nitrogen and oxygen atoms in total. The first kappa shape index (κ1) is 51.0. The number of ether oxygens (including phenoxy) is 1. The van der Waals surface area contributed by atoms with E-state index < -0.39 is 35.3 Å². The normalized spacial score (nSPS) is 13.6. The van der Waals surface area contributed by atoms with E-state index in [9.17, 15) is 50.6 Å². The van der Waals surface area contributed by atoms with Crippen molar-refractivity contribution in [3.05, 3.63) is 192 Å². The molecule has 0 aromatic heterocycles. The number of benzene rings is 7. The van der Waals surface area contributed by atoms with E-state index in [0.29, 0.717) is 57.4 Å². The average molecular weight is 999 g/mol. The lowest BCUT2D eigenvalue weighted by Crippen LogP contribution is -2.50. The van der Waals surface area contributed by atoms with E-state index in [1.54, 1.807) is 77.7 Å². The molecule has 2 aliphatic heterocycles. The fraction of sp³-hybridized carbons (Fsp3) is 0.193. The molecule has 0 atom stereocenters. The Labute approximate surface area is 417 Å². The predicted octanol–water partition coefficient (Wildman–Crippen LogP) is 12.8. The van der Waals surface area contributed by atoms with Gasteiger partial charge < -0.3 is 19.6 Å². The van der Waals surface area contributed by atoms with E-state index in [2.05, 4.69) is 0 Å². The SMILES string of the molecule is CC(C)N1C(=O)CN(C(=O)c2ccccc2-c2ccc(C(F)(F)F)cc2)c2ccc(O)cc21.CC(C)N1C(=O)CN(C(=O)c2ccccc2-c2ccc(C(F)(F)F)cc2)c2ccc(OCc3ccccc3)cc21. The number of alkyl halides is 6. The first-order valence-corrected chi connectivity index (χ1v) is 23.2. The highest BCUT2D eigenvalue weighted by molar-refractivity contribution is 6.19. The number of carbonyl (C=O) groups excluding carboxylic acids is 4. The summed E-state index contributed by atoms with van der Waals surface area (Å²) in [6, 6.07) is 41.6. The third-order valence-electron chi connectivity index (χ3n) is 12.3. The van der Waals surface area contributed by atoms with Gasteiger partial charge in [-0.2, -0.15) is 26.3 Å². The van der Waals surface area contributed by atoms with Crippen LogP contribution in [-0.2, 0) is 28.5 Å². The summed E-state index contributed by atoms with van der Waals surface area (Å²) >= 11 is 0. The number of phenols is 1. The van der Waals surface area contributed by atoms with Crippen molar-refractivity contribution in [2.45, 2.75) is 58.7 Å². The Morgan fingerprint density at radius 1 is 0.521 bits per heavy atom. The Morgan fingerprint density at radius 3 is 1.37 bits per heavy atom. The maximum atomic E-state index is 13.9. The molecule has 0 aliphatic carbocycles. The largest absolute Gasteiger partial charge is 0.508 e. The fourth-order valence-electron chi connectivity index (χ4n) is 8.86. The van der Waals surface area contributed by atoms with Gasteiger partial charge in [0.2, 0.25) is 11.8 Å². The van der Waals surface area contributed by atoms with Crippen LogP contribution >= 0.6 is 0 Å². The van der Waals surface area contributed by atoms with E-state index in [-0.39, 0.29) is 53.9 Å². The van der Waals surface area contributed by atoms with Crippen LogP contribution in [0.4, 0.5) is 49.1 Å². The second kappa shape index (κ2) is 20.7. The third-order valence-corrected chi connectivity index (χ3v) is 12.3. The molecule has 4 amide bonds. The van der Waals surface area contributed by atoms with Gasteiger partial charge >= 0.3 is 12.4 Å². The minimum atomic E-state index is -4.46. The molecule has 7 aromatic carbocycles. The maximum absolute atomic E-state index is 13.9. The first-order chi connectivity index (χ1) is 34.7. The number of fused-ring (bicyclic) bond motifs is 2. The highest BCUT2D eigenvalue weighted by Crippen LogP contribution is 2.42. The van der Waals surface area contributed by atoms with E-state index in [1.807, 2.05) is 58.0 Å². The standard InChI is InChI=1S/C32H27F3N2O3.C25H21F3N2O3/c1-21(2)37-29-18-25(40-20-22-8-4-3-5-9-22)16-17-28(29)36(19-30(37)38)31(39)27-11-7-6-10-26(27)23-12-14-24(15-13-23)32(33,34)35;1-15(2)30-22-13-18(31)11-12-21(22)29(14-23(30)32)24(33)20-6-4-3-5-19(20)16-7-9-17(10-8-16)25(26,27)28/h3-18,21H,19-20H2,1-2H3;3-13,15,31H,14H2,1-2H3. The smallest absolute Gasteiger partial charge is 0.416 e. The van der Waals surface area contributed by atoms with Gasteiger partial charge in [0.25, 0.3) is 11.8 Å². The van der Waals surface area contributed by atoms with Crippen LogP contribution in [0.15, 0.2) is 164 Å². The summed E-state index contributed by atoms with van der Waals surface area (Å²) in [6.45, 7) is 7.45. The molecule has 2 aliphatic rings. The summed E-state index contributed by atoms with van der Waals surface area (Å²) in [4.78, 5) is 59.7. The van der Waals surface area contributed by atoms with Crippen LogP contribution in [0.2, 0.25) is 0 Å². The van der Waals surface area contributed by atoms with Gasteiger partial charge in [0, 0.05) is 35.3 Å². The molecule has 0 fully saturated rings. The van der Waals surface area contributed by atoms with Crippen LogP contribution in [0.1, 0.15) is 65.1 Å². The number of halogens is 6. The number of amides is 4. The number of nitrogens with zero attached hydrogens (tertiary/aromatic N) is 4. The van der Waals surface area contributed by atoms with Gasteiger partial charge in [-0.05, 0) is 116 Å². The van der Waals surface area contributed by atoms with Gasteiger partial charge in [-0.1, -0.05) is 91.0 Å². The molecule has 9 rings (SSSR count). The molecule has 0 saturated heterocycles. The highest BCUT2D eigenvalue weighted by Gasteiger charge is 2.38. The van der Waals surface area contributed by atoms with Gasteiger partial charge in [-0.3, -0.25) is 29.0 Å². The molecule has 0 radical (unpaired) electrons. The fourth-order valence-corrected chi connectivity index (χ4v) is 8.86. The van der Waals surface area contributed by atoms with Crippen molar-refractivity contribution in [1.29, 1.82) is 0 Å². The average Bonchev–Trinajstić information content (AvgIpc) is 3.36. The summed E-state index contributed by atoms with van der Waals surface area (Å²) in [5.41, 5.74) is 3.81. The summed E-state index contributed by atoms with van der Waals surface area (Å²) in [7, 11) is 0. The summed E-state index contributed by atoms with van der Waals surface area (Å²) in [5.74, 6) is -0.917. The van der Waals surface area contributed by atoms with Crippen LogP contribution in [0.3, 0.4) is 0 Å². The number of carbonyl (C=O) groups is 4. The highest BCUT2D eigenvalue weighted by atomic mass is 19.4. The molecular formula is C57H48F6N4O6. The minimum absolute atomic E-state index is 0.0355. The van der Waals surface area contributed by atoms with Crippen molar-refractivity contribution in [1.82, 2.24) is 0 Å². The van der Waals surface area contributed by atoms with Gasteiger partial charge in [0.15, 0.2) is 0 Å². The third kappa shape index (κ3) is 10.9. The summed E-state index contributed by atoms with van der Waals surface area (Å²) in [6.07, 6.45) is -8.92. The second-order valence-electron chi connectivity index (χ2n) is 17.8. The van der Waals surface area contributed by atoms with Gasteiger partial charge in [-0.15, -0.1) is 0 Å². The van der Waals surface area contributed by atoms with Crippen LogP contribution in [0.25, 0.3) is 22.3 Å². The minimum Gasteiger partial charge on any atom is -0.508 e. The first-order valence-electron chi connectivity index (χ1n) is 23.2. The zero-order valence-corrected chi connectivity index (χ0v) is 39.9. The summed E-state index contributed by atoms with van der Waals surface area (Å²) < 4.78 is 84.1. The molecule has 1 N–H and O–H groups in total. The zero-order valence-electron chi connectivity index (χ0n) is 39.9. The van der Waals surface area contributed by atoms with Crippen molar-refractivity contribution >= 4 is 46.4 Å². The molecule has 0 saturated carbocycles. The quantitative estimate of drug-likeness (QED) is 0.144. The molecule has 0 unspecified atom stereocenters. The van der Waals surface area contributed by atoms with E-state index >= 15 is 0 Å². The second-order valence-corrected chi connectivity index (χ2v) is 17.8. The summed E-state index contributed by atoms with van der Waals surface area (Å²) in [5, 5.41) is 9.97. The Balaban J connectivity index is 0.000000199. The number of hydrogen-bond donors (Lipinski definition) is 1. The van der Waals surface area contributed by atoms with E-state index in [0.717, 1.165) is 29.8 Å². The zero-order chi connectivity index (χ0) is 52.4. The van der Waals surface area contributed by atoms with Gasteiger partial charge in [0.1, 0.15) is 31.2 Å². The Kier molecular flexibility index (Phi) is 14.5. The van der Waals surface area contributed by atoms with Crippen molar-refractivity contribution in [3.63, 3.8) is 0 Å². The van der Waals surface area contributed by atoms with E-state index in [4.69, 9.17) is 4.74 Å². The van der Waals surface area contributed by atoms with Crippen LogP contribution in [0, 0.1) is 0 Å². The molecular weight excluding hydrogens is 951 g/mol. The Hall–Kier alpha value is -8.40. The van der Waals surface area contributed by atoms with Crippen molar-refractivity contribution < 1.29 is 55.4 Å². The van der Waals surface area contributed by atoms with Crippen LogP contribution in [0.5, 0.6) is 11.5 Å². The molecule has 2 heterocycles. The Bertz CT molecular complexity index is 3180. The predicted molar refractivity (Wildman–Crippen MR) is 268 cm³/mol. The van der Waals surface area contributed by atoms with Crippen molar-refractivity contribution in [2.75, 3.05) is 32.7 Å². The van der Waals surface area contributed by atoms with Crippen LogP contribution in [-0.4, -0.2) is 53.9 Å². The maximum Gasteiger partial charge on any atom is 0.416 e. The molecule has 0 bridgehead atoms. The van der Waals surface area contributed by atoms with Crippen molar-refractivity contribution in [3.8, 4) is 33.8 Å². The lowest BCUT2D eigenvalue weighted by atomic mass is 9.97. The number of phenolic OH excluding ortho intramolecular Hbond substituents is 1. The monoisotopic (exact) mass is 998 g/mol. The van der Waals surface area contributed by atoms with E-state index in [1.165, 1.54) is 51.1 Å². The number of hydrogen-bond acceptors (Lipinski definition) is 6.